The smallest absolute Gasteiger partial charge is 0.407 e. The maximum atomic E-state index is 12.1. The molecule has 2 rings (SSSR count). The van der Waals surface area contributed by atoms with Gasteiger partial charge in [0.2, 0.25) is 5.91 Å². The number of nitrogens with one attached hydrogen (secondary N) is 2. The second kappa shape index (κ2) is 11.2. The van der Waals surface area contributed by atoms with Gasteiger partial charge in [0, 0.05) is 0 Å². The molecular weight excluding hydrogens is 360 g/mol. The average Bonchev–Trinajstić information content (AvgIpc) is 2.72. The van der Waals surface area contributed by atoms with Gasteiger partial charge in [0.25, 0.3) is 0 Å². The molecule has 0 radical (unpaired) electrons. The number of carbonyl (C=O) groups excluding carboxylic acids is 3. The normalized spacial score (nSPS) is 10.7. The Morgan fingerprint density at radius 3 is 2.21 bits per heavy atom. The monoisotopic (exact) mass is 382 g/mol. The molecule has 0 heterocycles. The third-order valence-corrected chi connectivity index (χ3v) is 3.49. The van der Waals surface area contributed by atoms with Crippen molar-refractivity contribution in [1.82, 2.24) is 10.6 Å². The minimum atomic E-state index is -0.733. The van der Waals surface area contributed by atoms with E-state index in [-0.39, 0.29) is 25.5 Å². The Balaban J connectivity index is 1.87. The summed E-state index contributed by atoms with van der Waals surface area (Å²) in [4.78, 5) is 35.9. The second-order valence-corrected chi connectivity index (χ2v) is 5.65. The average molecular weight is 382 g/mol. The fourth-order valence-electron chi connectivity index (χ4n) is 2.19. The van der Waals surface area contributed by atoms with Crippen LogP contribution in [0.2, 0.25) is 0 Å². The first-order chi connectivity index (χ1) is 13.6. The predicted octanol–water partition coefficient (Wildman–Crippen LogP) is 2.63. The van der Waals surface area contributed by atoms with E-state index in [0.29, 0.717) is 0 Å². The molecule has 0 fully saturated rings. The summed E-state index contributed by atoms with van der Waals surface area (Å²) in [6.07, 6.45) is 0.771. The van der Waals surface area contributed by atoms with Gasteiger partial charge in [-0.05, 0) is 24.1 Å². The fourth-order valence-corrected chi connectivity index (χ4v) is 2.19. The lowest BCUT2D eigenvalue weighted by atomic mass is 10.2. The van der Waals surface area contributed by atoms with Gasteiger partial charge in [0.05, 0.1) is 6.61 Å². The molecule has 0 unspecified atom stereocenters. The summed E-state index contributed by atoms with van der Waals surface area (Å²) in [6.45, 7) is 1.59. The molecule has 0 saturated heterocycles. The maximum Gasteiger partial charge on any atom is 0.407 e. The van der Waals surface area contributed by atoms with E-state index in [1.807, 2.05) is 36.4 Å². The number of esters is 1. The second-order valence-electron chi connectivity index (χ2n) is 5.65. The van der Waals surface area contributed by atoms with Crippen LogP contribution in [0.3, 0.4) is 0 Å². The highest BCUT2D eigenvalue weighted by Gasteiger charge is 2.15. The van der Waals surface area contributed by atoms with E-state index >= 15 is 0 Å². The van der Waals surface area contributed by atoms with Gasteiger partial charge in [-0.15, -0.1) is 0 Å². The maximum absolute atomic E-state index is 12.1. The van der Waals surface area contributed by atoms with Crippen molar-refractivity contribution in [2.45, 2.75) is 13.5 Å². The zero-order valence-electron chi connectivity index (χ0n) is 15.5. The highest BCUT2D eigenvalue weighted by Crippen LogP contribution is 2.06. The molecule has 2 N–H and O–H groups in total. The van der Waals surface area contributed by atoms with Gasteiger partial charge in [0.15, 0.2) is 0 Å². The number of ether oxygens (including phenoxy) is 2. The molecule has 0 bridgehead atoms. The Hall–Kier alpha value is -3.61. The van der Waals surface area contributed by atoms with Crippen LogP contribution < -0.4 is 10.6 Å². The first-order valence-electron chi connectivity index (χ1n) is 8.76. The number of hydrogen-bond acceptors (Lipinski definition) is 5. The molecule has 7 nitrogen and oxygen atoms in total. The van der Waals surface area contributed by atoms with E-state index < -0.39 is 18.0 Å². The van der Waals surface area contributed by atoms with Crippen LogP contribution in [0.5, 0.6) is 0 Å². The highest BCUT2D eigenvalue weighted by atomic mass is 16.5. The van der Waals surface area contributed by atoms with Crippen LogP contribution in [-0.2, 0) is 25.7 Å². The van der Waals surface area contributed by atoms with Crippen LogP contribution in [0.1, 0.15) is 18.1 Å². The molecular formula is C21H22N2O5. The molecule has 0 spiro atoms. The molecule has 7 heteroatoms. The van der Waals surface area contributed by atoms with E-state index in [1.54, 1.807) is 31.2 Å². The van der Waals surface area contributed by atoms with Gasteiger partial charge in [-0.3, -0.25) is 4.79 Å². The summed E-state index contributed by atoms with van der Waals surface area (Å²) < 4.78 is 9.99. The van der Waals surface area contributed by atoms with Crippen molar-refractivity contribution in [3.8, 4) is 0 Å². The van der Waals surface area contributed by atoms with Crippen molar-refractivity contribution in [2.24, 2.45) is 0 Å². The first kappa shape index (κ1) is 20.7. The van der Waals surface area contributed by atoms with Crippen LogP contribution >= 0.6 is 0 Å². The summed E-state index contributed by atoms with van der Waals surface area (Å²) in [5.41, 5.74) is 1.54. The van der Waals surface area contributed by atoms with Crippen LogP contribution in [0.25, 0.3) is 6.08 Å². The Labute approximate surface area is 163 Å². The topological polar surface area (TPSA) is 93.7 Å². The SMILES string of the molecule is CCOC(=O)/C(=C/c1ccccc1)NC(=O)CNC(=O)OCc1ccccc1. The molecule has 0 aromatic heterocycles. The standard InChI is InChI=1S/C21H22N2O5/c1-2-27-20(25)18(13-16-9-5-3-6-10-16)23-19(24)14-22-21(26)28-15-17-11-7-4-8-12-17/h3-13H,2,14-15H2,1H3,(H,22,26)(H,23,24)/b18-13-. The number of benzene rings is 2. The van der Waals surface area contributed by atoms with Gasteiger partial charge in [-0.25, -0.2) is 9.59 Å². The molecule has 2 aromatic carbocycles. The van der Waals surface area contributed by atoms with E-state index in [2.05, 4.69) is 10.6 Å². The molecule has 0 saturated carbocycles. The molecule has 0 aliphatic heterocycles. The molecule has 2 amide bonds. The van der Waals surface area contributed by atoms with Gasteiger partial charge in [-0.1, -0.05) is 60.7 Å². The number of rotatable bonds is 8. The van der Waals surface area contributed by atoms with Crippen molar-refractivity contribution >= 4 is 24.0 Å². The molecule has 2 aromatic rings. The van der Waals surface area contributed by atoms with Gasteiger partial charge in [-0.2, -0.15) is 0 Å². The fraction of sp³-hybridized carbons (Fsp3) is 0.190. The summed E-state index contributed by atoms with van der Waals surface area (Å²) in [5.74, 6) is -1.24. The Morgan fingerprint density at radius 2 is 1.57 bits per heavy atom. The Bertz CT molecular complexity index is 819. The van der Waals surface area contributed by atoms with E-state index in [9.17, 15) is 14.4 Å². The third-order valence-electron chi connectivity index (χ3n) is 3.49. The summed E-state index contributed by atoms with van der Waals surface area (Å²) >= 11 is 0. The quantitative estimate of drug-likeness (QED) is 0.541. The number of hydrogen-bond donors (Lipinski definition) is 2. The van der Waals surface area contributed by atoms with E-state index in [4.69, 9.17) is 9.47 Å². The third kappa shape index (κ3) is 7.33. The number of amides is 2. The van der Waals surface area contributed by atoms with E-state index in [1.165, 1.54) is 6.08 Å². The highest BCUT2D eigenvalue weighted by molar-refractivity contribution is 5.98. The molecule has 0 aliphatic rings. The van der Waals surface area contributed by atoms with E-state index in [0.717, 1.165) is 11.1 Å². The number of carbonyl (C=O) groups is 3. The van der Waals surface area contributed by atoms with Crippen molar-refractivity contribution in [1.29, 1.82) is 0 Å². The van der Waals surface area contributed by atoms with Crippen molar-refractivity contribution in [3.63, 3.8) is 0 Å². The minimum Gasteiger partial charge on any atom is -0.461 e. The lowest BCUT2D eigenvalue weighted by Gasteiger charge is -2.10. The number of alkyl carbamates (subject to hydrolysis) is 1. The van der Waals surface area contributed by atoms with Crippen molar-refractivity contribution < 1.29 is 23.9 Å². The summed E-state index contributed by atoms with van der Waals surface area (Å²) in [6, 6.07) is 18.2. The zero-order chi connectivity index (χ0) is 20.2. The summed E-state index contributed by atoms with van der Waals surface area (Å²) in [5, 5.41) is 4.80. The predicted molar refractivity (Wildman–Crippen MR) is 104 cm³/mol. The first-order valence-corrected chi connectivity index (χ1v) is 8.76. The Kier molecular flexibility index (Phi) is 8.26. The van der Waals surface area contributed by atoms with Crippen molar-refractivity contribution in [3.05, 3.63) is 77.5 Å². The molecule has 28 heavy (non-hydrogen) atoms. The minimum absolute atomic E-state index is 0.0162. The largest absolute Gasteiger partial charge is 0.461 e. The Morgan fingerprint density at radius 1 is 0.929 bits per heavy atom. The molecule has 146 valence electrons. The molecule has 0 aliphatic carbocycles. The molecule has 0 atom stereocenters. The van der Waals surface area contributed by atoms with Crippen LogP contribution in [0.4, 0.5) is 4.79 Å². The van der Waals surface area contributed by atoms with Gasteiger partial charge in [0.1, 0.15) is 18.8 Å². The van der Waals surface area contributed by atoms with Crippen LogP contribution in [0.15, 0.2) is 66.4 Å². The van der Waals surface area contributed by atoms with Gasteiger partial charge >= 0.3 is 12.1 Å². The lowest BCUT2D eigenvalue weighted by molar-refractivity contribution is -0.139. The van der Waals surface area contributed by atoms with Crippen LogP contribution in [0, 0.1) is 0 Å². The van der Waals surface area contributed by atoms with Crippen molar-refractivity contribution in [2.75, 3.05) is 13.2 Å². The zero-order valence-corrected chi connectivity index (χ0v) is 15.5. The van der Waals surface area contributed by atoms with Gasteiger partial charge < -0.3 is 20.1 Å². The lowest BCUT2D eigenvalue weighted by Crippen LogP contribution is -2.38. The van der Waals surface area contributed by atoms with Crippen LogP contribution in [-0.4, -0.2) is 31.1 Å². The summed E-state index contributed by atoms with van der Waals surface area (Å²) in [7, 11) is 0.